The Labute approximate surface area is 143 Å². The van der Waals surface area contributed by atoms with Crippen LogP contribution in [-0.4, -0.2) is 18.4 Å². The number of halogens is 2. The number of carbonyl (C=O) groups is 2. The third-order valence-corrected chi connectivity index (χ3v) is 3.38. The zero-order chi connectivity index (χ0) is 16.8. The van der Waals surface area contributed by atoms with Crippen LogP contribution in [-0.2, 0) is 9.59 Å². The highest BCUT2D eigenvalue weighted by atomic mass is 35.5. The van der Waals surface area contributed by atoms with Crippen LogP contribution in [0.4, 0.5) is 11.4 Å². The van der Waals surface area contributed by atoms with E-state index in [-0.39, 0.29) is 10.7 Å². The fourth-order valence-corrected chi connectivity index (χ4v) is 2.14. The maximum Gasteiger partial charge on any atom is 0.314 e. The number of ether oxygens (including phenoxy) is 1. The minimum absolute atomic E-state index is 0.261. The first-order chi connectivity index (χ1) is 11.0. The molecule has 2 rings (SSSR count). The van der Waals surface area contributed by atoms with Crippen molar-refractivity contribution in [2.45, 2.75) is 6.92 Å². The summed E-state index contributed by atoms with van der Waals surface area (Å²) in [6, 6.07) is 11.4. The van der Waals surface area contributed by atoms with E-state index in [9.17, 15) is 9.59 Å². The molecule has 0 aromatic heterocycles. The molecule has 0 saturated carbocycles. The number of carbonyl (C=O) groups excluding carboxylic acids is 2. The van der Waals surface area contributed by atoms with Gasteiger partial charge >= 0.3 is 11.8 Å². The molecule has 0 radical (unpaired) electrons. The van der Waals surface area contributed by atoms with E-state index in [1.54, 1.807) is 30.3 Å². The third kappa shape index (κ3) is 4.61. The van der Waals surface area contributed by atoms with Gasteiger partial charge in [0.25, 0.3) is 0 Å². The molecule has 0 spiro atoms. The van der Waals surface area contributed by atoms with Crippen LogP contribution < -0.4 is 15.4 Å². The van der Waals surface area contributed by atoms with Crippen LogP contribution in [0, 0.1) is 0 Å². The Morgan fingerprint density at radius 2 is 1.65 bits per heavy atom. The van der Waals surface area contributed by atoms with Gasteiger partial charge in [0.2, 0.25) is 0 Å². The molecule has 2 amide bonds. The normalized spacial score (nSPS) is 10.0. The minimum Gasteiger partial charge on any atom is -0.492 e. The molecule has 0 bridgehead atoms. The van der Waals surface area contributed by atoms with Gasteiger partial charge in [0.15, 0.2) is 0 Å². The first kappa shape index (κ1) is 17.1. The Morgan fingerprint density at radius 1 is 1.00 bits per heavy atom. The molecule has 5 nitrogen and oxygen atoms in total. The van der Waals surface area contributed by atoms with Crippen molar-refractivity contribution in [1.82, 2.24) is 0 Å². The zero-order valence-corrected chi connectivity index (χ0v) is 13.7. The number of rotatable bonds is 4. The molecule has 2 aromatic rings. The number of benzene rings is 2. The molecule has 0 fully saturated rings. The number of hydrogen-bond acceptors (Lipinski definition) is 3. The highest BCUT2D eigenvalue weighted by Gasteiger charge is 2.17. The second-order valence-corrected chi connectivity index (χ2v) is 5.31. The fraction of sp³-hybridized carbons (Fsp3) is 0.125. The lowest BCUT2D eigenvalue weighted by atomic mass is 10.3. The number of para-hydroxylation sites is 2. The SMILES string of the molecule is CCOc1ccccc1NC(=O)C(=O)Nc1cc(Cl)ccc1Cl. The summed E-state index contributed by atoms with van der Waals surface area (Å²) < 4.78 is 5.39. The molecule has 0 atom stereocenters. The van der Waals surface area contributed by atoms with Gasteiger partial charge in [0.05, 0.1) is 23.0 Å². The molecule has 7 heteroatoms. The van der Waals surface area contributed by atoms with Crippen LogP contribution >= 0.6 is 23.2 Å². The lowest BCUT2D eigenvalue weighted by molar-refractivity contribution is -0.133. The lowest BCUT2D eigenvalue weighted by Crippen LogP contribution is -2.29. The van der Waals surface area contributed by atoms with Gasteiger partial charge < -0.3 is 15.4 Å². The number of anilines is 2. The van der Waals surface area contributed by atoms with Crippen LogP contribution in [0.2, 0.25) is 10.0 Å². The molecule has 0 aliphatic carbocycles. The molecule has 2 N–H and O–H groups in total. The zero-order valence-electron chi connectivity index (χ0n) is 12.2. The molecule has 0 unspecified atom stereocenters. The summed E-state index contributed by atoms with van der Waals surface area (Å²) in [5.41, 5.74) is 0.670. The van der Waals surface area contributed by atoms with Crippen LogP contribution in [0.25, 0.3) is 0 Å². The summed E-state index contributed by atoms with van der Waals surface area (Å²) in [6.45, 7) is 2.27. The largest absolute Gasteiger partial charge is 0.492 e. The molecule has 120 valence electrons. The molecule has 23 heavy (non-hydrogen) atoms. The van der Waals surface area contributed by atoms with Crippen molar-refractivity contribution in [3.05, 3.63) is 52.5 Å². The highest BCUT2D eigenvalue weighted by molar-refractivity contribution is 6.45. The second kappa shape index (κ2) is 7.85. The van der Waals surface area contributed by atoms with E-state index in [0.717, 1.165) is 0 Å². The minimum atomic E-state index is -0.861. The Balaban J connectivity index is 2.09. The summed E-state index contributed by atoms with van der Waals surface area (Å²) in [5, 5.41) is 5.59. The quantitative estimate of drug-likeness (QED) is 0.818. The Kier molecular flexibility index (Phi) is 5.84. The van der Waals surface area contributed by atoms with E-state index >= 15 is 0 Å². The summed E-state index contributed by atoms with van der Waals surface area (Å²) >= 11 is 11.8. The molecular formula is C16H14Cl2N2O3. The van der Waals surface area contributed by atoms with Crippen LogP contribution in [0.3, 0.4) is 0 Å². The Bertz CT molecular complexity index is 735. The van der Waals surface area contributed by atoms with Gasteiger partial charge in [-0.25, -0.2) is 0 Å². The Hall–Kier alpha value is -2.24. The molecular weight excluding hydrogens is 339 g/mol. The molecule has 0 heterocycles. The molecule has 2 aromatic carbocycles. The van der Waals surface area contributed by atoms with Crippen molar-refractivity contribution in [2.75, 3.05) is 17.2 Å². The third-order valence-electron chi connectivity index (χ3n) is 2.82. The van der Waals surface area contributed by atoms with Gasteiger partial charge in [-0.05, 0) is 37.3 Å². The molecule has 0 saturated heterocycles. The van der Waals surface area contributed by atoms with Gasteiger partial charge in [-0.15, -0.1) is 0 Å². The van der Waals surface area contributed by atoms with Crippen LogP contribution in [0.5, 0.6) is 5.75 Å². The molecule has 0 aliphatic heterocycles. The van der Waals surface area contributed by atoms with Gasteiger partial charge in [0, 0.05) is 5.02 Å². The van der Waals surface area contributed by atoms with Gasteiger partial charge in [-0.2, -0.15) is 0 Å². The van der Waals surface area contributed by atoms with E-state index in [4.69, 9.17) is 27.9 Å². The molecule has 0 aliphatic rings. The first-order valence-corrected chi connectivity index (χ1v) is 7.56. The van der Waals surface area contributed by atoms with Crippen molar-refractivity contribution in [1.29, 1.82) is 0 Å². The van der Waals surface area contributed by atoms with E-state index in [1.807, 2.05) is 6.92 Å². The number of nitrogens with one attached hydrogen (secondary N) is 2. The summed E-state index contributed by atoms with van der Waals surface area (Å²) in [6.07, 6.45) is 0. The van der Waals surface area contributed by atoms with E-state index in [2.05, 4.69) is 10.6 Å². The first-order valence-electron chi connectivity index (χ1n) is 6.80. The number of hydrogen-bond donors (Lipinski definition) is 2. The van der Waals surface area contributed by atoms with E-state index in [1.165, 1.54) is 12.1 Å². The maximum atomic E-state index is 12.0. The average Bonchev–Trinajstić information content (AvgIpc) is 2.53. The van der Waals surface area contributed by atoms with Crippen LogP contribution in [0.1, 0.15) is 6.92 Å². The summed E-state index contributed by atoms with van der Waals surface area (Å²) in [4.78, 5) is 24.0. The maximum absolute atomic E-state index is 12.0. The van der Waals surface area contributed by atoms with Crippen molar-refractivity contribution < 1.29 is 14.3 Å². The van der Waals surface area contributed by atoms with E-state index in [0.29, 0.717) is 23.1 Å². The lowest BCUT2D eigenvalue weighted by Gasteiger charge is -2.11. The predicted octanol–water partition coefficient (Wildman–Crippen LogP) is 3.97. The topological polar surface area (TPSA) is 67.4 Å². The summed E-state index contributed by atoms with van der Waals surface area (Å²) in [5.74, 6) is -1.22. The van der Waals surface area contributed by atoms with Crippen molar-refractivity contribution >= 4 is 46.4 Å². The van der Waals surface area contributed by atoms with Gasteiger partial charge in [-0.1, -0.05) is 35.3 Å². The van der Waals surface area contributed by atoms with Crippen molar-refractivity contribution in [3.63, 3.8) is 0 Å². The average molecular weight is 353 g/mol. The van der Waals surface area contributed by atoms with Crippen molar-refractivity contribution in [2.24, 2.45) is 0 Å². The van der Waals surface area contributed by atoms with Crippen molar-refractivity contribution in [3.8, 4) is 5.75 Å². The standard InChI is InChI=1S/C16H14Cl2N2O3/c1-2-23-14-6-4-3-5-12(14)19-15(21)16(22)20-13-9-10(17)7-8-11(13)18/h3-9H,2H2,1H3,(H,19,21)(H,20,22). The Morgan fingerprint density at radius 3 is 2.35 bits per heavy atom. The van der Waals surface area contributed by atoms with E-state index < -0.39 is 11.8 Å². The van der Waals surface area contributed by atoms with Gasteiger partial charge in [-0.3, -0.25) is 9.59 Å². The van der Waals surface area contributed by atoms with Crippen LogP contribution in [0.15, 0.2) is 42.5 Å². The monoisotopic (exact) mass is 352 g/mol. The smallest absolute Gasteiger partial charge is 0.314 e. The second-order valence-electron chi connectivity index (χ2n) is 4.46. The number of amides is 2. The van der Waals surface area contributed by atoms with Gasteiger partial charge in [0.1, 0.15) is 5.75 Å². The summed E-state index contributed by atoms with van der Waals surface area (Å²) in [7, 11) is 0. The fourth-order valence-electron chi connectivity index (χ4n) is 1.80. The highest BCUT2D eigenvalue weighted by Crippen LogP contribution is 2.26. The predicted molar refractivity (Wildman–Crippen MR) is 91.3 cm³/mol.